The molecule has 0 aromatic heterocycles. The van der Waals surface area contributed by atoms with E-state index in [4.69, 9.17) is 0 Å². The van der Waals surface area contributed by atoms with Crippen LogP contribution in [0.2, 0.25) is 0 Å². The minimum absolute atomic E-state index is 0.00342. The number of halogens is 2. The second-order valence-electron chi connectivity index (χ2n) is 4.62. The topological polar surface area (TPSA) is 101 Å². The van der Waals surface area contributed by atoms with Gasteiger partial charge in [0.1, 0.15) is 10.7 Å². The summed E-state index contributed by atoms with van der Waals surface area (Å²) < 4.78 is 52.6. The Balaban J connectivity index is 2.13. The highest BCUT2D eigenvalue weighted by Gasteiger charge is 2.26. The zero-order chi connectivity index (χ0) is 15.6. The molecule has 2 N–H and O–H groups in total. The Labute approximate surface area is 119 Å². The standard InChI is InChI=1S/C11H13F2N3O4S/c12-8-5-9(13)11(6-10(8)16(17)18)21(19,20)15-4-3-14-7-1-2-7/h5-7,14-15H,1-4H2. The van der Waals surface area contributed by atoms with Crippen LogP contribution in [-0.4, -0.2) is 32.5 Å². The molecule has 1 aliphatic carbocycles. The summed E-state index contributed by atoms with van der Waals surface area (Å²) in [5.41, 5.74) is -1.09. The highest BCUT2D eigenvalue weighted by atomic mass is 32.2. The third-order valence-corrected chi connectivity index (χ3v) is 4.39. The van der Waals surface area contributed by atoms with Crippen LogP contribution in [0, 0.1) is 21.7 Å². The van der Waals surface area contributed by atoms with Crippen molar-refractivity contribution in [3.8, 4) is 0 Å². The first-order chi connectivity index (χ1) is 9.81. The van der Waals surface area contributed by atoms with Crippen LogP contribution in [0.1, 0.15) is 12.8 Å². The molecule has 0 spiro atoms. The number of benzene rings is 1. The van der Waals surface area contributed by atoms with E-state index < -0.39 is 37.2 Å². The summed E-state index contributed by atoms with van der Waals surface area (Å²) in [6, 6.07) is 0.953. The van der Waals surface area contributed by atoms with Crippen LogP contribution in [0.4, 0.5) is 14.5 Å². The molecule has 1 aliphatic rings. The molecular formula is C11H13F2N3O4S. The molecule has 1 fully saturated rings. The average molecular weight is 321 g/mol. The number of hydrogen-bond donors (Lipinski definition) is 2. The van der Waals surface area contributed by atoms with Crippen molar-refractivity contribution >= 4 is 15.7 Å². The smallest absolute Gasteiger partial charge is 0.306 e. The van der Waals surface area contributed by atoms with E-state index in [1.807, 2.05) is 0 Å². The highest BCUT2D eigenvalue weighted by Crippen LogP contribution is 2.24. The number of nitrogens with zero attached hydrogens (tertiary/aromatic N) is 1. The van der Waals surface area contributed by atoms with E-state index in [0.29, 0.717) is 18.7 Å². The second-order valence-corrected chi connectivity index (χ2v) is 6.35. The molecule has 0 atom stereocenters. The Morgan fingerprint density at radius 1 is 1.24 bits per heavy atom. The van der Waals surface area contributed by atoms with Crippen molar-refractivity contribution in [3.63, 3.8) is 0 Å². The number of nitro groups is 1. The zero-order valence-corrected chi connectivity index (χ0v) is 11.6. The first kappa shape index (κ1) is 15.7. The lowest BCUT2D eigenvalue weighted by molar-refractivity contribution is -0.387. The summed E-state index contributed by atoms with van der Waals surface area (Å²) in [5, 5.41) is 13.6. The van der Waals surface area contributed by atoms with Gasteiger partial charge >= 0.3 is 5.69 Å². The van der Waals surface area contributed by atoms with E-state index >= 15 is 0 Å². The summed E-state index contributed by atoms with van der Waals surface area (Å²) in [4.78, 5) is 8.52. The average Bonchev–Trinajstić information content (AvgIpc) is 3.17. The van der Waals surface area contributed by atoms with Crippen LogP contribution in [0.5, 0.6) is 0 Å². The zero-order valence-electron chi connectivity index (χ0n) is 10.8. The fourth-order valence-electron chi connectivity index (χ4n) is 1.69. The molecule has 1 aromatic rings. The molecule has 0 saturated heterocycles. The van der Waals surface area contributed by atoms with Crippen molar-refractivity contribution in [2.45, 2.75) is 23.8 Å². The number of nitrogens with one attached hydrogen (secondary N) is 2. The van der Waals surface area contributed by atoms with Gasteiger partial charge in [-0.05, 0) is 12.8 Å². The van der Waals surface area contributed by atoms with Crippen molar-refractivity contribution in [1.82, 2.24) is 10.0 Å². The van der Waals surface area contributed by atoms with E-state index in [1.54, 1.807) is 0 Å². The summed E-state index contributed by atoms with van der Waals surface area (Å²) in [5.74, 6) is -2.80. The maximum atomic E-state index is 13.5. The van der Waals surface area contributed by atoms with Gasteiger partial charge in [0.25, 0.3) is 0 Å². The summed E-state index contributed by atoms with van der Waals surface area (Å²) in [6.45, 7) is 0.359. The van der Waals surface area contributed by atoms with Gasteiger partial charge in [0, 0.05) is 31.3 Å². The lowest BCUT2D eigenvalue weighted by Gasteiger charge is -2.08. The summed E-state index contributed by atoms with van der Waals surface area (Å²) >= 11 is 0. The number of nitro benzene ring substituents is 1. The Hall–Kier alpha value is -1.65. The van der Waals surface area contributed by atoms with Crippen molar-refractivity contribution in [2.24, 2.45) is 0 Å². The van der Waals surface area contributed by atoms with Gasteiger partial charge in [0.2, 0.25) is 15.8 Å². The van der Waals surface area contributed by atoms with Crippen LogP contribution in [-0.2, 0) is 10.0 Å². The van der Waals surface area contributed by atoms with Crippen LogP contribution < -0.4 is 10.0 Å². The SMILES string of the molecule is O=[N+]([O-])c1cc(S(=O)(=O)NCCNC2CC2)c(F)cc1F. The highest BCUT2D eigenvalue weighted by molar-refractivity contribution is 7.89. The van der Waals surface area contributed by atoms with Gasteiger partial charge < -0.3 is 5.32 Å². The fourth-order valence-corrected chi connectivity index (χ4v) is 2.80. The van der Waals surface area contributed by atoms with Gasteiger partial charge in [-0.3, -0.25) is 10.1 Å². The molecule has 7 nitrogen and oxygen atoms in total. The van der Waals surface area contributed by atoms with Crippen LogP contribution in [0.15, 0.2) is 17.0 Å². The molecule has 0 bridgehead atoms. The molecule has 2 rings (SSSR count). The Kier molecular flexibility index (Phi) is 4.49. The van der Waals surface area contributed by atoms with E-state index in [9.17, 15) is 27.3 Å². The Bertz CT molecular complexity index is 662. The number of hydrogen-bond acceptors (Lipinski definition) is 5. The van der Waals surface area contributed by atoms with E-state index in [2.05, 4.69) is 10.0 Å². The van der Waals surface area contributed by atoms with Gasteiger partial charge in [-0.2, -0.15) is 4.39 Å². The van der Waals surface area contributed by atoms with Crippen molar-refractivity contribution in [3.05, 3.63) is 33.9 Å². The quantitative estimate of drug-likeness (QED) is 0.441. The minimum atomic E-state index is -4.28. The lowest BCUT2D eigenvalue weighted by atomic mass is 10.3. The van der Waals surface area contributed by atoms with Gasteiger partial charge in [-0.15, -0.1) is 0 Å². The molecule has 1 aromatic carbocycles. The molecule has 0 amide bonds. The summed E-state index contributed by atoms with van der Waals surface area (Å²) in [6.07, 6.45) is 2.07. The number of sulfonamides is 1. The maximum absolute atomic E-state index is 13.5. The monoisotopic (exact) mass is 321 g/mol. The molecule has 0 heterocycles. The normalized spacial score (nSPS) is 15.1. The Morgan fingerprint density at radius 3 is 2.48 bits per heavy atom. The Morgan fingerprint density at radius 2 is 1.90 bits per heavy atom. The van der Waals surface area contributed by atoms with Gasteiger partial charge in [0.05, 0.1) is 4.92 Å². The molecule has 0 aliphatic heterocycles. The van der Waals surface area contributed by atoms with Crippen LogP contribution in [0.25, 0.3) is 0 Å². The molecule has 0 unspecified atom stereocenters. The molecular weight excluding hydrogens is 308 g/mol. The molecule has 10 heteroatoms. The van der Waals surface area contributed by atoms with Gasteiger partial charge in [-0.1, -0.05) is 0 Å². The minimum Gasteiger partial charge on any atom is -0.313 e. The first-order valence-corrected chi connectivity index (χ1v) is 7.66. The van der Waals surface area contributed by atoms with Crippen LogP contribution in [0.3, 0.4) is 0 Å². The van der Waals surface area contributed by atoms with E-state index in [1.165, 1.54) is 0 Å². The lowest BCUT2D eigenvalue weighted by Crippen LogP contribution is -2.33. The van der Waals surface area contributed by atoms with E-state index in [0.717, 1.165) is 12.8 Å². The summed E-state index contributed by atoms with van der Waals surface area (Å²) in [7, 11) is -4.28. The predicted molar refractivity (Wildman–Crippen MR) is 69.2 cm³/mol. The molecule has 116 valence electrons. The van der Waals surface area contributed by atoms with Gasteiger partial charge in [0.15, 0.2) is 0 Å². The first-order valence-electron chi connectivity index (χ1n) is 6.18. The fraction of sp³-hybridized carbons (Fsp3) is 0.455. The van der Waals surface area contributed by atoms with Crippen molar-refractivity contribution in [1.29, 1.82) is 0 Å². The molecule has 21 heavy (non-hydrogen) atoms. The second kappa shape index (κ2) is 6.00. The third kappa shape index (κ3) is 3.93. The maximum Gasteiger partial charge on any atom is 0.306 e. The van der Waals surface area contributed by atoms with E-state index in [-0.39, 0.29) is 12.6 Å². The number of rotatable bonds is 7. The van der Waals surface area contributed by atoms with Gasteiger partial charge in [-0.25, -0.2) is 17.5 Å². The molecule has 0 radical (unpaired) electrons. The largest absolute Gasteiger partial charge is 0.313 e. The van der Waals surface area contributed by atoms with Crippen molar-refractivity contribution in [2.75, 3.05) is 13.1 Å². The third-order valence-electron chi connectivity index (χ3n) is 2.92. The van der Waals surface area contributed by atoms with Crippen LogP contribution >= 0.6 is 0 Å². The van der Waals surface area contributed by atoms with Crippen molar-refractivity contribution < 1.29 is 22.1 Å². The predicted octanol–water partition coefficient (Wildman–Crippen LogP) is 0.903. The molecule has 1 saturated carbocycles.